The topological polar surface area (TPSA) is 98.3 Å². The van der Waals surface area contributed by atoms with Gasteiger partial charge in [0.1, 0.15) is 5.82 Å². The highest BCUT2D eigenvalue weighted by Gasteiger charge is 2.30. The number of rotatable bonds is 7. The molecule has 0 radical (unpaired) electrons. The predicted molar refractivity (Wildman–Crippen MR) is 101 cm³/mol. The molecular weight excluding hydrogens is 344 g/mol. The first-order valence-electron chi connectivity index (χ1n) is 9.45. The molecule has 0 spiro atoms. The monoisotopic (exact) mass is 370 g/mol. The van der Waals surface area contributed by atoms with Crippen LogP contribution >= 0.6 is 0 Å². The molecule has 7 nitrogen and oxygen atoms in total. The number of carbonyl (C=O) groups excluding carboxylic acids is 1. The van der Waals surface area contributed by atoms with Crippen molar-refractivity contribution in [2.24, 2.45) is 0 Å². The molecule has 1 aliphatic rings. The minimum absolute atomic E-state index is 0.0272. The molecule has 0 bridgehead atoms. The Morgan fingerprint density at radius 2 is 2.11 bits per heavy atom. The number of aliphatic carboxylic acids is 1. The number of piperidine rings is 1. The third kappa shape index (κ3) is 5.32. The summed E-state index contributed by atoms with van der Waals surface area (Å²) in [4.78, 5) is 33.2. The molecule has 1 aromatic heterocycles. The summed E-state index contributed by atoms with van der Waals surface area (Å²) >= 11 is 0. The second kappa shape index (κ2) is 9.21. The lowest BCUT2D eigenvalue weighted by Crippen LogP contribution is -2.49. The molecule has 7 heteroatoms. The van der Waals surface area contributed by atoms with Crippen LogP contribution in [-0.2, 0) is 11.2 Å². The number of hydrogen-bond acceptors (Lipinski definition) is 3. The molecule has 3 rings (SSSR count). The summed E-state index contributed by atoms with van der Waals surface area (Å²) in [6.45, 7) is 0.675. The molecule has 1 aliphatic heterocycles. The van der Waals surface area contributed by atoms with Crippen molar-refractivity contribution in [3.63, 3.8) is 0 Å². The summed E-state index contributed by atoms with van der Waals surface area (Å²) in [5, 5.41) is 12.1. The first kappa shape index (κ1) is 18.9. The number of imidazole rings is 1. The molecule has 2 atom stereocenters. The number of aromatic amines is 1. The highest BCUT2D eigenvalue weighted by atomic mass is 16.4. The minimum atomic E-state index is -0.853. The van der Waals surface area contributed by atoms with Gasteiger partial charge in [-0.1, -0.05) is 30.3 Å². The third-order valence-corrected chi connectivity index (χ3v) is 4.96. The Hall–Kier alpha value is -2.83. The molecule has 2 heterocycles. The van der Waals surface area contributed by atoms with Gasteiger partial charge >= 0.3 is 12.0 Å². The number of carboxylic acids is 1. The molecular formula is C20H26N4O3. The number of benzene rings is 1. The molecule has 1 aromatic carbocycles. The zero-order valence-corrected chi connectivity index (χ0v) is 15.3. The van der Waals surface area contributed by atoms with E-state index in [2.05, 4.69) is 15.3 Å². The van der Waals surface area contributed by atoms with Crippen molar-refractivity contribution in [3.8, 4) is 0 Å². The third-order valence-electron chi connectivity index (χ3n) is 4.96. The van der Waals surface area contributed by atoms with Crippen molar-refractivity contribution in [1.29, 1.82) is 0 Å². The summed E-state index contributed by atoms with van der Waals surface area (Å²) in [6, 6.07) is 9.38. The van der Waals surface area contributed by atoms with E-state index in [4.69, 9.17) is 5.11 Å². The molecule has 27 heavy (non-hydrogen) atoms. The lowest BCUT2D eigenvalue weighted by atomic mass is 10.0. The maximum absolute atomic E-state index is 13.0. The van der Waals surface area contributed by atoms with Crippen LogP contribution in [0.5, 0.6) is 0 Å². The van der Waals surface area contributed by atoms with Gasteiger partial charge in [-0.15, -0.1) is 0 Å². The number of aromatic nitrogens is 2. The van der Waals surface area contributed by atoms with Crippen LogP contribution in [-0.4, -0.2) is 44.6 Å². The molecule has 144 valence electrons. The number of urea groups is 1. The van der Waals surface area contributed by atoms with Crippen molar-refractivity contribution in [2.45, 2.75) is 50.6 Å². The van der Waals surface area contributed by atoms with Crippen LogP contribution in [0.4, 0.5) is 4.79 Å². The Balaban J connectivity index is 1.68. The second-order valence-electron chi connectivity index (χ2n) is 6.95. The molecule has 1 saturated heterocycles. The average Bonchev–Trinajstić information content (AvgIpc) is 3.21. The summed E-state index contributed by atoms with van der Waals surface area (Å²) in [5.41, 5.74) is 1.08. The first-order chi connectivity index (χ1) is 13.1. The van der Waals surface area contributed by atoms with Crippen LogP contribution in [0.1, 0.15) is 49.5 Å². The fourth-order valence-corrected chi connectivity index (χ4v) is 3.60. The Morgan fingerprint density at radius 1 is 1.30 bits per heavy atom. The maximum atomic E-state index is 13.0. The highest BCUT2D eigenvalue weighted by Crippen LogP contribution is 2.28. The largest absolute Gasteiger partial charge is 0.481 e. The second-order valence-corrected chi connectivity index (χ2v) is 6.95. The number of H-pyrrole nitrogens is 1. The van der Waals surface area contributed by atoms with E-state index in [9.17, 15) is 9.59 Å². The van der Waals surface area contributed by atoms with Gasteiger partial charge in [0, 0.05) is 31.4 Å². The van der Waals surface area contributed by atoms with Crippen molar-refractivity contribution in [2.75, 3.05) is 6.54 Å². The van der Waals surface area contributed by atoms with Crippen LogP contribution in [0.3, 0.4) is 0 Å². The van der Waals surface area contributed by atoms with Crippen LogP contribution in [0.25, 0.3) is 0 Å². The van der Waals surface area contributed by atoms with E-state index >= 15 is 0 Å². The van der Waals surface area contributed by atoms with E-state index in [1.807, 2.05) is 35.2 Å². The van der Waals surface area contributed by atoms with Crippen molar-refractivity contribution in [1.82, 2.24) is 20.2 Å². The molecule has 2 unspecified atom stereocenters. The number of likely N-dealkylation sites (tertiary alicyclic amines) is 1. The van der Waals surface area contributed by atoms with Gasteiger partial charge in [-0.05, 0) is 37.7 Å². The van der Waals surface area contributed by atoms with Gasteiger partial charge in [0.05, 0.1) is 6.04 Å². The summed E-state index contributed by atoms with van der Waals surface area (Å²) in [5.74, 6) is -0.0521. The Kier molecular flexibility index (Phi) is 6.46. The van der Waals surface area contributed by atoms with Gasteiger partial charge in [-0.25, -0.2) is 9.78 Å². The van der Waals surface area contributed by atoms with Gasteiger partial charge in [0.2, 0.25) is 0 Å². The fourth-order valence-electron chi connectivity index (χ4n) is 3.60. The van der Waals surface area contributed by atoms with E-state index in [0.29, 0.717) is 19.4 Å². The standard InChI is InChI=1S/C20H26N4O3/c25-18(26)10-9-16(14-15-6-2-1-3-7-15)23-20(27)24-13-5-4-8-17(24)19-21-11-12-22-19/h1-3,6-7,11-12,16-17H,4-5,8-10,13-14H2,(H,21,22)(H,23,27)(H,25,26). The lowest BCUT2D eigenvalue weighted by molar-refractivity contribution is -0.137. The number of hydrogen-bond donors (Lipinski definition) is 3. The van der Waals surface area contributed by atoms with Crippen molar-refractivity contribution in [3.05, 3.63) is 54.1 Å². The Labute approximate surface area is 158 Å². The fraction of sp³-hybridized carbons (Fsp3) is 0.450. The molecule has 0 aliphatic carbocycles. The zero-order valence-electron chi connectivity index (χ0n) is 15.3. The van der Waals surface area contributed by atoms with Crippen LogP contribution in [0.15, 0.2) is 42.7 Å². The highest BCUT2D eigenvalue weighted by molar-refractivity contribution is 5.75. The summed E-state index contributed by atoms with van der Waals surface area (Å²) in [6.07, 6.45) is 7.40. The lowest BCUT2D eigenvalue weighted by Gasteiger charge is -2.35. The first-order valence-corrected chi connectivity index (χ1v) is 9.45. The van der Waals surface area contributed by atoms with E-state index in [-0.39, 0.29) is 24.5 Å². The van der Waals surface area contributed by atoms with Gasteiger partial charge in [0.25, 0.3) is 0 Å². The van der Waals surface area contributed by atoms with E-state index in [0.717, 1.165) is 30.7 Å². The average molecular weight is 370 g/mol. The van der Waals surface area contributed by atoms with Gasteiger partial charge < -0.3 is 20.3 Å². The van der Waals surface area contributed by atoms with Gasteiger partial charge in [0.15, 0.2) is 0 Å². The van der Waals surface area contributed by atoms with Crippen molar-refractivity contribution < 1.29 is 14.7 Å². The normalized spacial score (nSPS) is 18.1. The van der Waals surface area contributed by atoms with Gasteiger partial charge in [-0.3, -0.25) is 4.79 Å². The number of carboxylic acid groups (broad SMARTS) is 1. The maximum Gasteiger partial charge on any atom is 0.318 e. The minimum Gasteiger partial charge on any atom is -0.481 e. The van der Waals surface area contributed by atoms with E-state index in [1.54, 1.807) is 12.4 Å². The Morgan fingerprint density at radius 3 is 2.81 bits per heavy atom. The quantitative estimate of drug-likeness (QED) is 0.697. The molecule has 2 aromatic rings. The van der Waals surface area contributed by atoms with Crippen LogP contribution < -0.4 is 5.32 Å². The van der Waals surface area contributed by atoms with E-state index in [1.165, 1.54) is 0 Å². The number of amides is 2. The summed E-state index contributed by atoms with van der Waals surface area (Å²) in [7, 11) is 0. The zero-order chi connectivity index (χ0) is 19.1. The summed E-state index contributed by atoms with van der Waals surface area (Å²) < 4.78 is 0. The number of carbonyl (C=O) groups is 2. The number of nitrogens with one attached hydrogen (secondary N) is 2. The molecule has 1 fully saturated rings. The van der Waals surface area contributed by atoms with Gasteiger partial charge in [-0.2, -0.15) is 0 Å². The van der Waals surface area contributed by atoms with Crippen molar-refractivity contribution >= 4 is 12.0 Å². The van der Waals surface area contributed by atoms with Crippen LogP contribution in [0, 0.1) is 0 Å². The smallest absolute Gasteiger partial charge is 0.318 e. The molecule has 2 amide bonds. The predicted octanol–water partition coefficient (Wildman–Crippen LogP) is 3.12. The molecule has 0 saturated carbocycles. The SMILES string of the molecule is O=C(O)CCC(Cc1ccccc1)NC(=O)N1CCCCC1c1ncc[nH]1. The number of nitrogens with zero attached hydrogens (tertiary/aromatic N) is 2. The molecule has 3 N–H and O–H groups in total. The van der Waals surface area contributed by atoms with E-state index < -0.39 is 5.97 Å². The van der Waals surface area contributed by atoms with Crippen LogP contribution in [0.2, 0.25) is 0 Å². The Bertz CT molecular complexity index is 733.